The number of aromatic nitrogens is 1. The third-order valence-electron chi connectivity index (χ3n) is 3.76. The normalized spacial score (nSPS) is 18.1. The van der Waals surface area contributed by atoms with Crippen molar-refractivity contribution < 1.29 is 18.4 Å². The Hall–Kier alpha value is -1.99. The van der Waals surface area contributed by atoms with Gasteiger partial charge in [-0.25, -0.2) is 4.98 Å². The van der Waals surface area contributed by atoms with Gasteiger partial charge in [0.05, 0.1) is 11.5 Å². The van der Waals surface area contributed by atoms with Crippen molar-refractivity contribution in [3.63, 3.8) is 0 Å². The molecule has 0 spiro atoms. The van der Waals surface area contributed by atoms with Gasteiger partial charge in [0.1, 0.15) is 5.82 Å². The molecule has 21 heavy (non-hydrogen) atoms. The lowest BCUT2D eigenvalue weighted by atomic mass is 9.95. The van der Waals surface area contributed by atoms with Gasteiger partial charge in [-0.3, -0.25) is 0 Å². The zero-order valence-corrected chi connectivity index (χ0v) is 11.6. The van der Waals surface area contributed by atoms with Crippen LogP contribution in [0.1, 0.15) is 24.0 Å². The molecule has 3 N–H and O–H groups in total. The number of pyridine rings is 1. The van der Waals surface area contributed by atoms with E-state index in [9.17, 15) is 13.2 Å². The predicted molar refractivity (Wildman–Crippen MR) is 72.5 cm³/mol. The van der Waals surface area contributed by atoms with Crippen LogP contribution in [0.25, 0.3) is 0 Å². The molecule has 0 radical (unpaired) electrons. The first-order valence-corrected chi connectivity index (χ1v) is 6.59. The number of nitrogens with two attached hydrogens (primary N) is 1. The van der Waals surface area contributed by atoms with Crippen LogP contribution in [-0.2, 0) is 0 Å². The minimum absolute atomic E-state index is 0.0226. The first kappa shape index (κ1) is 15.4. The second kappa shape index (κ2) is 5.79. The molecule has 1 saturated heterocycles. The molecule has 0 atom stereocenters. The summed E-state index contributed by atoms with van der Waals surface area (Å²) >= 11 is 0. The Labute approximate surface area is 120 Å². The van der Waals surface area contributed by atoms with Crippen LogP contribution < -0.4 is 10.6 Å². The van der Waals surface area contributed by atoms with Crippen LogP contribution in [0.3, 0.4) is 0 Å². The summed E-state index contributed by atoms with van der Waals surface area (Å²) in [6, 6.07) is 1.71. The minimum atomic E-state index is -4.15. The molecule has 0 aromatic carbocycles. The first-order chi connectivity index (χ1) is 9.84. The molecule has 5 nitrogen and oxygen atoms in total. The maximum Gasteiger partial charge on any atom is 0.391 e. The fraction of sp³-hybridized carbons (Fsp3) is 0.538. The van der Waals surface area contributed by atoms with Crippen LogP contribution in [-0.4, -0.2) is 35.3 Å². The van der Waals surface area contributed by atoms with Gasteiger partial charge in [0.15, 0.2) is 5.84 Å². The molecule has 1 aliphatic heterocycles. The van der Waals surface area contributed by atoms with Crippen LogP contribution in [0.4, 0.5) is 19.0 Å². The van der Waals surface area contributed by atoms with Gasteiger partial charge in [0, 0.05) is 19.3 Å². The molecule has 1 aromatic rings. The minimum Gasteiger partial charge on any atom is -0.409 e. The van der Waals surface area contributed by atoms with Crippen molar-refractivity contribution in [2.45, 2.75) is 25.9 Å². The summed E-state index contributed by atoms with van der Waals surface area (Å²) in [7, 11) is 0. The predicted octanol–water partition coefficient (Wildman–Crippen LogP) is 2.26. The molecule has 116 valence electrons. The quantitative estimate of drug-likeness (QED) is 0.380. The average Bonchev–Trinajstić information content (AvgIpc) is 2.45. The Bertz CT molecular complexity index is 537. The molecule has 2 heterocycles. The summed E-state index contributed by atoms with van der Waals surface area (Å²) in [4.78, 5) is 5.94. The molecule has 1 fully saturated rings. The van der Waals surface area contributed by atoms with E-state index >= 15 is 0 Å². The van der Waals surface area contributed by atoms with E-state index in [0.717, 1.165) is 5.56 Å². The van der Waals surface area contributed by atoms with E-state index in [-0.39, 0.29) is 31.8 Å². The molecule has 0 aliphatic carbocycles. The Kier molecular flexibility index (Phi) is 4.24. The van der Waals surface area contributed by atoms with Crippen LogP contribution in [0, 0.1) is 12.8 Å². The molecular formula is C13H17F3N4O. The SMILES string of the molecule is Cc1ccnc(N2CCC(C(F)(F)F)CC2)c1/C(N)=N/O. The molecule has 2 rings (SSSR count). The molecule has 1 aliphatic rings. The molecule has 0 amide bonds. The Balaban J connectivity index is 2.23. The van der Waals surface area contributed by atoms with Gasteiger partial charge in [0.2, 0.25) is 0 Å². The smallest absolute Gasteiger partial charge is 0.391 e. The number of alkyl halides is 3. The lowest BCUT2D eigenvalue weighted by Gasteiger charge is -2.34. The number of aryl methyl sites for hydroxylation is 1. The summed E-state index contributed by atoms with van der Waals surface area (Å²) in [5, 5.41) is 11.8. The van der Waals surface area contributed by atoms with E-state index in [4.69, 9.17) is 10.9 Å². The van der Waals surface area contributed by atoms with E-state index in [1.165, 1.54) is 0 Å². The number of amidine groups is 1. The monoisotopic (exact) mass is 302 g/mol. The van der Waals surface area contributed by atoms with Crippen LogP contribution in [0.5, 0.6) is 0 Å². The van der Waals surface area contributed by atoms with Crippen molar-refractivity contribution in [1.29, 1.82) is 0 Å². The number of piperidine rings is 1. The van der Waals surface area contributed by atoms with Gasteiger partial charge in [-0.05, 0) is 31.4 Å². The van der Waals surface area contributed by atoms with Gasteiger partial charge in [-0.2, -0.15) is 13.2 Å². The van der Waals surface area contributed by atoms with E-state index in [2.05, 4.69) is 10.1 Å². The van der Waals surface area contributed by atoms with E-state index in [0.29, 0.717) is 11.4 Å². The summed E-state index contributed by atoms with van der Waals surface area (Å²) in [5.41, 5.74) is 6.87. The van der Waals surface area contributed by atoms with Crippen LogP contribution in [0.2, 0.25) is 0 Å². The summed E-state index contributed by atoms with van der Waals surface area (Å²) in [6.07, 6.45) is -2.54. The molecule has 1 aromatic heterocycles. The van der Waals surface area contributed by atoms with Crippen molar-refractivity contribution in [3.05, 3.63) is 23.4 Å². The second-order valence-corrected chi connectivity index (χ2v) is 5.11. The fourth-order valence-corrected chi connectivity index (χ4v) is 2.57. The van der Waals surface area contributed by atoms with Gasteiger partial charge in [0.25, 0.3) is 0 Å². The summed E-state index contributed by atoms with van der Waals surface area (Å²) in [5.74, 6) is -0.898. The van der Waals surface area contributed by atoms with Gasteiger partial charge in [-0.15, -0.1) is 0 Å². The Morgan fingerprint density at radius 2 is 2.05 bits per heavy atom. The second-order valence-electron chi connectivity index (χ2n) is 5.11. The van der Waals surface area contributed by atoms with E-state index < -0.39 is 12.1 Å². The zero-order chi connectivity index (χ0) is 15.6. The number of anilines is 1. The molecule has 0 saturated carbocycles. The third kappa shape index (κ3) is 3.20. The van der Waals surface area contributed by atoms with Gasteiger partial charge >= 0.3 is 6.18 Å². The maximum absolute atomic E-state index is 12.7. The number of nitrogens with zero attached hydrogens (tertiary/aromatic N) is 3. The molecule has 0 unspecified atom stereocenters. The highest BCUT2D eigenvalue weighted by Crippen LogP contribution is 2.35. The first-order valence-electron chi connectivity index (χ1n) is 6.59. The number of hydrogen-bond donors (Lipinski definition) is 2. The van der Waals surface area contributed by atoms with Gasteiger partial charge in [-0.1, -0.05) is 5.16 Å². The Morgan fingerprint density at radius 3 is 2.57 bits per heavy atom. The van der Waals surface area contributed by atoms with Crippen LogP contribution in [0.15, 0.2) is 17.4 Å². The summed E-state index contributed by atoms with van der Waals surface area (Å²) < 4.78 is 38.1. The topological polar surface area (TPSA) is 74.7 Å². The van der Waals surface area contributed by atoms with E-state index in [1.54, 1.807) is 24.1 Å². The lowest BCUT2D eigenvalue weighted by molar-refractivity contribution is -0.179. The Morgan fingerprint density at radius 1 is 1.43 bits per heavy atom. The number of hydrogen-bond acceptors (Lipinski definition) is 4. The third-order valence-corrected chi connectivity index (χ3v) is 3.76. The standard InChI is InChI=1S/C13H17F3N4O/c1-8-2-5-18-12(10(8)11(17)19-21)20-6-3-9(4-7-20)13(14,15)16/h2,5,9,21H,3-4,6-7H2,1H3,(H2,17,19). The van der Waals surface area contributed by atoms with Crippen molar-refractivity contribution in [1.82, 2.24) is 4.98 Å². The van der Waals surface area contributed by atoms with Crippen molar-refractivity contribution in [2.24, 2.45) is 16.8 Å². The van der Waals surface area contributed by atoms with Gasteiger partial charge < -0.3 is 15.8 Å². The van der Waals surface area contributed by atoms with Crippen molar-refractivity contribution in [3.8, 4) is 0 Å². The number of rotatable bonds is 2. The zero-order valence-electron chi connectivity index (χ0n) is 11.6. The van der Waals surface area contributed by atoms with Crippen LogP contribution >= 0.6 is 0 Å². The van der Waals surface area contributed by atoms with E-state index in [1.807, 2.05) is 0 Å². The molecular weight excluding hydrogens is 285 g/mol. The lowest BCUT2D eigenvalue weighted by Crippen LogP contribution is -2.40. The fourth-order valence-electron chi connectivity index (χ4n) is 2.57. The average molecular weight is 302 g/mol. The maximum atomic E-state index is 12.7. The highest BCUT2D eigenvalue weighted by molar-refractivity contribution is 6.02. The molecule has 8 heteroatoms. The van der Waals surface area contributed by atoms with Crippen molar-refractivity contribution in [2.75, 3.05) is 18.0 Å². The number of oxime groups is 1. The largest absolute Gasteiger partial charge is 0.409 e. The number of halogens is 3. The summed E-state index contributed by atoms with van der Waals surface area (Å²) in [6.45, 7) is 2.26. The highest BCUT2D eigenvalue weighted by atomic mass is 19.4. The molecule has 0 bridgehead atoms. The highest BCUT2D eigenvalue weighted by Gasteiger charge is 2.41. The van der Waals surface area contributed by atoms with Crippen molar-refractivity contribution >= 4 is 11.7 Å².